The van der Waals surface area contributed by atoms with Crippen LogP contribution in [-0.4, -0.2) is 6.29 Å². The molecule has 0 atom stereocenters. The molecule has 0 spiro atoms. The Labute approximate surface area is 119 Å². The van der Waals surface area contributed by atoms with E-state index in [1.54, 1.807) is 30.3 Å². The quantitative estimate of drug-likeness (QED) is 0.796. The molecule has 0 saturated carbocycles. The lowest BCUT2D eigenvalue weighted by atomic mass is 10.1. The summed E-state index contributed by atoms with van der Waals surface area (Å²) in [6.45, 7) is 1.91. The summed E-state index contributed by atoms with van der Waals surface area (Å²) in [7, 11) is 0. The fourth-order valence-electron chi connectivity index (χ4n) is 1.57. The maximum Gasteiger partial charge on any atom is 0.150 e. The maximum atomic E-state index is 10.7. The number of halogens is 1. The Morgan fingerprint density at radius 2 is 2.00 bits per heavy atom. The molecule has 0 unspecified atom stereocenters. The van der Waals surface area contributed by atoms with E-state index >= 15 is 0 Å². The van der Waals surface area contributed by atoms with E-state index in [9.17, 15) is 4.79 Å². The summed E-state index contributed by atoms with van der Waals surface area (Å²) in [4.78, 5) is 10.7. The Hall–Kier alpha value is -2.12. The first-order valence-corrected chi connectivity index (χ1v) is 6.36. The molecule has 0 fully saturated rings. The zero-order valence-electron chi connectivity index (χ0n) is 10.2. The topological polar surface area (TPSA) is 50.1 Å². The molecule has 0 aliphatic rings. The number of carbonyl (C=O) groups excluding carboxylic acids is 1. The van der Waals surface area contributed by atoms with Crippen LogP contribution in [0.5, 0.6) is 11.5 Å². The standard InChI is InChI=1S/C15H10BrNO2/c1-10-2-3-11(8-17)7-15(10)19-14-5-4-12(9-18)6-13(14)16/h2-7,9H,1H3. The Morgan fingerprint density at radius 1 is 1.21 bits per heavy atom. The lowest BCUT2D eigenvalue weighted by Crippen LogP contribution is -1.91. The summed E-state index contributed by atoms with van der Waals surface area (Å²) in [5.74, 6) is 1.22. The van der Waals surface area contributed by atoms with Crippen LogP contribution >= 0.6 is 15.9 Å². The normalized spacial score (nSPS) is 9.74. The molecule has 2 rings (SSSR count). The van der Waals surface area contributed by atoms with Crippen molar-refractivity contribution in [2.45, 2.75) is 6.92 Å². The van der Waals surface area contributed by atoms with Gasteiger partial charge in [-0.15, -0.1) is 0 Å². The smallest absolute Gasteiger partial charge is 0.150 e. The second-order valence-electron chi connectivity index (χ2n) is 4.00. The number of carbonyl (C=O) groups is 1. The first kappa shape index (κ1) is 13.3. The Bertz CT molecular complexity index is 674. The van der Waals surface area contributed by atoms with Crippen LogP contribution in [0.2, 0.25) is 0 Å². The Kier molecular flexibility index (Phi) is 3.98. The molecule has 3 nitrogen and oxygen atoms in total. The average Bonchev–Trinajstić information content (AvgIpc) is 2.43. The number of nitriles is 1. The molecule has 0 radical (unpaired) electrons. The van der Waals surface area contributed by atoms with E-state index < -0.39 is 0 Å². The monoisotopic (exact) mass is 315 g/mol. The van der Waals surface area contributed by atoms with Crippen molar-refractivity contribution in [1.82, 2.24) is 0 Å². The minimum atomic E-state index is 0.543. The van der Waals surface area contributed by atoms with Crippen LogP contribution in [0.25, 0.3) is 0 Å². The first-order valence-electron chi connectivity index (χ1n) is 5.57. The molecule has 94 valence electrons. The van der Waals surface area contributed by atoms with Gasteiger partial charge in [0.1, 0.15) is 17.8 Å². The third-order valence-corrected chi connectivity index (χ3v) is 3.25. The van der Waals surface area contributed by atoms with Crippen LogP contribution < -0.4 is 4.74 Å². The van der Waals surface area contributed by atoms with Crippen molar-refractivity contribution in [3.8, 4) is 17.6 Å². The van der Waals surface area contributed by atoms with E-state index in [0.717, 1.165) is 11.8 Å². The summed E-state index contributed by atoms with van der Waals surface area (Å²) in [5, 5.41) is 8.89. The highest BCUT2D eigenvalue weighted by Gasteiger charge is 2.07. The highest BCUT2D eigenvalue weighted by Crippen LogP contribution is 2.32. The molecule has 0 bridgehead atoms. The second-order valence-corrected chi connectivity index (χ2v) is 4.86. The summed E-state index contributed by atoms with van der Waals surface area (Å²) in [5.41, 5.74) is 2.05. The van der Waals surface area contributed by atoms with Gasteiger partial charge in [-0.1, -0.05) is 6.07 Å². The van der Waals surface area contributed by atoms with Crippen molar-refractivity contribution >= 4 is 22.2 Å². The van der Waals surface area contributed by atoms with E-state index in [-0.39, 0.29) is 0 Å². The molecular formula is C15H10BrNO2. The number of aryl methyl sites for hydroxylation is 1. The Morgan fingerprint density at radius 3 is 2.63 bits per heavy atom. The molecular weight excluding hydrogens is 306 g/mol. The van der Waals surface area contributed by atoms with Gasteiger partial charge in [0.05, 0.1) is 16.1 Å². The van der Waals surface area contributed by atoms with E-state index in [2.05, 4.69) is 22.0 Å². The van der Waals surface area contributed by atoms with Crippen LogP contribution in [0, 0.1) is 18.3 Å². The van der Waals surface area contributed by atoms with Crippen LogP contribution in [0.3, 0.4) is 0 Å². The van der Waals surface area contributed by atoms with E-state index in [1.165, 1.54) is 0 Å². The summed E-state index contributed by atoms with van der Waals surface area (Å²) >= 11 is 3.36. The van der Waals surface area contributed by atoms with E-state index in [1.807, 2.05) is 13.0 Å². The number of benzene rings is 2. The fraction of sp³-hybridized carbons (Fsp3) is 0.0667. The van der Waals surface area contributed by atoms with Gasteiger partial charge in [0.25, 0.3) is 0 Å². The molecule has 0 heterocycles. The molecule has 0 aromatic heterocycles. The van der Waals surface area contributed by atoms with Crippen LogP contribution in [0.15, 0.2) is 40.9 Å². The summed E-state index contributed by atoms with van der Waals surface area (Å²) in [6.07, 6.45) is 0.774. The molecule has 0 aliphatic carbocycles. The lowest BCUT2D eigenvalue weighted by Gasteiger charge is -2.10. The van der Waals surface area contributed by atoms with Crippen molar-refractivity contribution in [3.63, 3.8) is 0 Å². The summed E-state index contributed by atoms with van der Waals surface area (Å²) in [6, 6.07) is 12.4. The first-order chi connectivity index (χ1) is 9.13. The molecule has 0 saturated heterocycles. The van der Waals surface area contributed by atoms with Gasteiger partial charge >= 0.3 is 0 Å². The number of nitrogens with zero attached hydrogens (tertiary/aromatic N) is 1. The molecule has 4 heteroatoms. The second kappa shape index (κ2) is 5.68. The van der Waals surface area contributed by atoms with Crippen LogP contribution in [-0.2, 0) is 0 Å². The van der Waals surface area contributed by atoms with Crippen molar-refractivity contribution in [2.24, 2.45) is 0 Å². The molecule has 0 aliphatic heterocycles. The van der Waals surface area contributed by atoms with Crippen LogP contribution in [0.4, 0.5) is 0 Å². The van der Waals surface area contributed by atoms with Crippen molar-refractivity contribution in [1.29, 1.82) is 5.26 Å². The van der Waals surface area contributed by atoms with Gasteiger partial charge in [-0.05, 0) is 58.7 Å². The SMILES string of the molecule is Cc1ccc(C#N)cc1Oc1ccc(C=O)cc1Br. The van der Waals surface area contributed by atoms with Gasteiger partial charge < -0.3 is 4.74 Å². The van der Waals surface area contributed by atoms with Gasteiger partial charge in [-0.3, -0.25) is 4.79 Å². The highest BCUT2D eigenvalue weighted by atomic mass is 79.9. The minimum Gasteiger partial charge on any atom is -0.456 e. The zero-order valence-corrected chi connectivity index (χ0v) is 11.8. The fourth-order valence-corrected chi connectivity index (χ4v) is 2.05. The minimum absolute atomic E-state index is 0.543. The lowest BCUT2D eigenvalue weighted by molar-refractivity contribution is 0.112. The number of rotatable bonds is 3. The van der Waals surface area contributed by atoms with Gasteiger partial charge in [-0.2, -0.15) is 5.26 Å². The predicted molar refractivity (Wildman–Crippen MR) is 75.5 cm³/mol. The number of hydrogen-bond donors (Lipinski definition) is 0. The van der Waals surface area contributed by atoms with Gasteiger partial charge in [0.2, 0.25) is 0 Å². The third-order valence-electron chi connectivity index (χ3n) is 2.63. The molecule has 0 N–H and O–H groups in total. The van der Waals surface area contributed by atoms with Crippen molar-refractivity contribution in [3.05, 3.63) is 57.6 Å². The number of hydrogen-bond acceptors (Lipinski definition) is 3. The van der Waals surface area contributed by atoms with Gasteiger partial charge in [0, 0.05) is 5.56 Å². The van der Waals surface area contributed by atoms with E-state index in [4.69, 9.17) is 10.00 Å². The zero-order chi connectivity index (χ0) is 13.8. The summed E-state index contributed by atoms with van der Waals surface area (Å²) < 4.78 is 6.46. The van der Waals surface area contributed by atoms with Gasteiger partial charge in [0.15, 0.2) is 0 Å². The molecule has 2 aromatic carbocycles. The van der Waals surface area contributed by atoms with Crippen molar-refractivity contribution in [2.75, 3.05) is 0 Å². The maximum absolute atomic E-state index is 10.7. The molecule has 19 heavy (non-hydrogen) atoms. The molecule has 0 amide bonds. The number of ether oxygens (including phenoxy) is 1. The number of aldehydes is 1. The Balaban J connectivity index is 2.36. The van der Waals surface area contributed by atoms with E-state index in [0.29, 0.717) is 27.1 Å². The van der Waals surface area contributed by atoms with Crippen molar-refractivity contribution < 1.29 is 9.53 Å². The molecule has 2 aromatic rings. The van der Waals surface area contributed by atoms with Gasteiger partial charge in [-0.25, -0.2) is 0 Å². The highest BCUT2D eigenvalue weighted by molar-refractivity contribution is 9.10. The third kappa shape index (κ3) is 3.01. The largest absolute Gasteiger partial charge is 0.456 e. The average molecular weight is 316 g/mol. The predicted octanol–water partition coefficient (Wildman–Crippen LogP) is 4.23. The van der Waals surface area contributed by atoms with Crippen LogP contribution in [0.1, 0.15) is 21.5 Å².